The van der Waals surface area contributed by atoms with Gasteiger partial charge in [-0.15, -0.1) is 6.58 Å². The van der Waals surface area contributed by atoms with Gasteiger partial charge in [0, 0.05) is 27.6 Å². The summed E-state index contributed by atoms with van der Waals surface area (Å²) < 4.78 is 5.03. The summed E-state index contributed by atoms with van der Waals surface area (Å²) in [6.45, 7) is 12.1. The Morgan fingerprint density at radius 3 is 2.28 bits per heavy atom. The quantitative estimate of drug-likeness (QED) is 0.195. The first-order valence-corrected chi connectivity index (χ1v) is 11.8. The van der Waals surface area contributed by atoms with Crippen molar-refractivity contribution in [1.29, 1.82) is 0 Å². The molecule has 0 saturated carbocycles. The summed E-state index contributed by atoms with van der Waals surface area (Å²) >= 11 is 0. The fraction of sp³-hybridized carbons (Fsp3) is 0.233. The lowest BCUT2D eigenvalue weighted by Crippen LogP contribution is -2.33. The Labute approximate surface area is 211 Å². The highest BCUT2D eigenvalue weighted by Gasteiger charge is 2.40. The average molecular weight is 483 g/mol. The van der Waals surface area contributed by atoms with E-state index in [1.165, 1.54) is 12.7 Å². The zero-order valence-electron chi connectivity index (χ0n) is 21.3. The first-order valence-electron chi connectivity index (χ1n) is 11.8. The fourth-order valence-electron chi connectivity index (χ4n) is 4.33. The van der Waals surface area contributed by atoms with E-state index in [1.54, 1.807) is 30.3 Å². The van der Waals surface area contributed by atoms with Crippen LogP contribution in [0.5, 0.6) is 0 Å². The van der Waals surface area contributed by atoms with Crippen LogP contribution in [-0.4, -0.2) is 34.8 Å². The molecule has 0 radical (unpaired) electrons. The van der Waals surface area contributed by atoms with Crippen LogP contribution in [0.4, 0.5) is 0 Å². The van der Waals surface area contributed by atoms with Crippen LogP contribution in [0.15, 0.2) is 72.5 Å². The zero-order valence-corrected chi connectivity index (χ0v) is 21.3. The van der Waals surface area contributed by atoms with Gasteiger partial charge in [-0.05, 0) is 56.2 Å². The van der Waals surface area contributed by atoms with Crippen LogP contribution in [0.2, 0.25) is 0 Å². The number of aromatic amines is 1. The third-order valence-electron chi connectivity index (χ3n) is 6.51. The summed E-state index contributed by atoms with van der Waals surface area (Å²) in [5.41, 5.74) is 4.58. The lowest BCUT2D eigenvalue weighted by molar-refractivity contribution is -0.137. The number of carbonyl (C=O) groups excluding carboxylic acids is 3. The number of amides is 2. The van der Waals surface area contributed by atoms with Crippen molar-refractivity contribution >= 4 is 34.8 Å². The molecule has 6 heteroatoms. The second kappa shape index (κ2) is 9.46. The van der Waals surface area contributed by atoms with Crippen LogP contribution in [0, 0.1) is 0 Å². The van der Waals surface area contributed by atoms with E-state index in [0.29, 0.717) is 5.56 Å². The third-order valence-corrected chi connectivity index (χ3v) is 6.51. The molecule has 0 unspecified atom stereocenters. The van der Waals surface area contributed by atoms with Crippen molar-refractivity contribution in [3.8, 4) is 0 Å². The van der Waals surface area contributed by atoms with Crippen molar-refractivity contribution in [1.82, 2.24) is 9.88 Å². The fourth-order valence-corrected chi connectivity index (χ4v) is 4.33. The van der Waals surface area contributed by atoms with Crippen LogP contribution in [0.3, 0.4) is 0 Å². The molecule has 3 aromatic rings. The van der Waals surface area contributed by atoms with Gasteiger partial charge in [0.15, 0.2) is 0 Å². The first-order chi connectivity index (χ1) is 17.1. The van der Waals surface area contributed by atoms with Crippen LogP contribution in [0.1, 0.15) is 65.2 Å². The molecule has 36 heavy (non-hydrogen) atoms. The number of fused-ring (bicyclic) bond motifs is 2. The summed E-state index contributed by atoms with van der Waals surface area (Å²) in [5, 5.41) is 0.873. The largest absolute Gasteiger partial charge is 0.464 e. The number of nitrogens with zero attached hydrogens (tertiary/aromatic N) is 1. The van der Waals surface area contributed by atoms with Crippen molar-refractivity contribution in [2.45, 2.75) is 39.5 Å². The minimum atomic E-state index is -0.776. The Hall–Kier alpha value is -4.19. The number of nitrogens with one attached hydrogen (secondary N) is 1. The van der Waals surface area contributed by atoms with E-state index in [4.69, 9.17) is 4.74 Å². The van der Waals surface area contributed by atoms with Gasteiger partial charge in [0.1, 0.15) is 5.70 Å². The van der Waals surface area contributed by atoms with Crippen molar-refractivity contribution < 1.29 is 19.1 Å². The number of allylic oxidation sites excluding steroid dienone is 3. The number of hydrogen-bond donors (Lipinski definition) is 1. The normalized spacial score (nSPS) is 13.7. The van der Waals surface area contributed by atoms with E-state index in [9.17, 15) is 14.4 Å². The number of hydrogen-bond acceptors (Lipinski definition) is 4. The number of H-pyrrole nitrogens is 1. The SMILES string of the molecule is C=CC(C)(C)c1[nH]c2ccc(CC=C(C)C)cc2c1/C=C(\C(=O)OC)N1C(=O)c2ccccc2C1=O. The predicted molar refractivity (Wildman–Crippen MR) is 142 cm³/mol. The molecule has 4 rings (SSSR count). The highest BCUT2D eigenvalue weighted by molar-refractivity contribution is 6.25. The number of methoxy groups -OCH3 is 1. The molecule has 6 nitrogen and oxygen atoms in total. The number of aromatic nitrogens is 1. The summed E-state index contributed by atoms with van der Waals surface area (Å²) in [7, 11) is 1.23. The van der Waals surface area contributed by atoms with Gasteiger partial charge in [-0.2, -0.15) is 0 Å². The highest BCUT2D eigenvalue weighted by Crippen LogP contribution is 2.36. The van der Waals surface area contributed by atoms with E-state index in [2.05, 4.69) is 43.6 Å². The molecule has 0 aliphatic carbocycles. The summed E-state index contributed by atoms with van der Waals surface area (Å²) in [4.78, 5) is 43.8. The molecule has 0 spiro atoms. The number of benzene rings is 2. The minimum Gasteiger partial charge on any atom is -0.464 e. The molecular formula is C30H30N2O4. The molecule has 1 aliphatic heterocycles. The van der Waals surface area contributed by atoms with Crippen LogP contribution >= 0.6 is 0 Å². The molecule has 1 aliphatic rings. The maximum Gasteiger partial charge on any atom is 0.355 e. The van der Waals surface area contributed by atoms with Crippen molar-refractivity contribution in [2.24, 2.45) is 0 Å². The Bertz CT molecular complexity index is 1430. The van der Waals surface area contributed by atoms with Gasteiger partial charge < -0.3 is 9.72 Å². The smallest absolute Gasteiger partial charge is 0.355 e. The predicted octanol–water partition coefficient (Wildman–Crippen LogP) is 5.95. The average Bonchev–Trinajstić information content (AvgIpc) is 3.36. The topological polar surface area (TPSA) is 79.5 Å². The van der Waals surface area contributed by atoms with Gasteiger partial charge in [0.2, 0.25) is 0 Å². The van der Waals surface area contributed by atoms with E-state index >= 15 is 0 Å². The van der Waals surface area contributed by atoms with Crippen LogP contribution in [0.25, 0.3) is 17.0 Å². The summed E-state index contributed by atoms with van der Waals surface area (Å²) in [5.74, 6) is -1.89. The molecule has 184 valence electrons. The number of ether oxygens (including phenoxy) is 1. The van der Waals surface area contributed by atoms with Gasteiger partial charge in [-0.3, -0.25) is 9.59 Å². The van der Waals surface area contributed by atoms with Gasteiger partial charge >= 0.3 is 5.97 Å². The van der Waals surface area contributed by atoms with Gasteiger partial charge in [0.25, 0.3) is 11.8 Å². The number of esters is 1. The zero-order chi connectivity index (χ0) is 26.2. The third kappa shape index (κ3) is 4.31. The van der Waals surface area contributed by atoms with Crippen molar-refractivity contribution in [2.75, 3.05) is 7.11 Å². The number of imide groups is 1. The highest BCUT2D eigenvalue weighted by atomic mass is 16.5. The summed E-state index contributed by atoms with van der Waals surface area (Å²) in [6, 6.07) is 12.7. The number of carbonyl (C=O) groups is 3. The molecular weight excluding hydrogens is 452 g/mol. The van der Waals surface area contributed by atoms with Crippen LogP contribution in [-0.2, 0) is 21.4 Å². The molecule has 0 atom stereocenters. The maximum atomic E-state index is 13.2. The van der Waals surface area contributed by atoms with Crippen LogP contribution < -0.4 is 0 Å². The minimum absolute atomic E-state index is 0.139. The molecule has 0 fully saturated rings. The summed E-state index contributed by atoms with van der Waals surface area (Å²) in [6.07, 6.45) is 6.31. The molecule has 2 amide bonds. The van der Waals surface area contributed by atoms with E-state index in [-0.39, 0.29) is 16.8 Å². The standard InChI is InChI=1S/C30H30N2O4/c1-7-30(4,5)26-23(22-16-19(13-12-18(2)3)14-15-24(22)31-26)17-25(29(35)36-6)32-27(33)20-10-8-9-11-21(20)28(32)34/h7-12,14-17,31H,1,13H2,2-6H3/b25-17+. The van der Waals surface area contributed by atoms with E-state index in [1.807, 2.05) is 26.0 Å². The van der Waals surface area contributed by atoms with E-state index in [0.717, 1.165) is 33.5 Å². The molecule has 1 N–H and O–H groups in total. The van der Waals surface area contributed by atoms with Gasteiger partial charge in [-0.1, -0.05) is 49.8 Å². The molecule has 2 heterocycles. The molecule has 0 saturated heterocycles. The monoisotopic (exact) mass is 482 g/mol. The van der Waals surface area contributed by atoms with Crippen molar-refractivity contribution in [3.63, 3.8) is 0 Å². The van der Waals surface area contributed by atoms with Crippen molar-refractivity contribution in [3.05, 3.63) is 100 Å². The number of rotatable bonds is 7. The Morgan fingerprint density at radius 2 is 1.72 bits per heavy atom. The van der Waals surface area contributed by atoms with E-state index < -0.39 is 23.2 Å². The molecule has 2 aromatic carbocycles. The molecule has 0 bridgehead atoms. The Kier molecular flexibility index (Phi) is 6.55. The van der Waals surface area contributed by atoms with Gasteiger partial charge in [0.05, 0.1) is 18.2 Å². The second-order valence-electron chi connectivity index (χ2n) is 9.72. The maximum absolute atomic E-state index is 13.2. The lowest BCUT2D eigenvalue weighted by Gasteiger charge is -2.21. The Morgan fingerprint density at radius 1 is 1.08 bits per heavy atom. The Balaban J connectivity index is 1.97. The lowest BCUT2D eigenvalue weighted by atomic mass is 9.86. The first kappa shape index (κ1) is 24.9. The second-order valence-corrected chi connectivity index (χ2v) is 9.72. The van der Waals surface area contributed by atoms with Gasteiger partial charge in [-0.25, -0.2) is 9.69 Å². The molecule has 1 aromatic heterocycles.